The number of hydrogen-bond acceptors (Lipinski definition) is 3. The molecule has 0 aliphatic heterocycles. The van der Waals surface area contributed by atoms with Crippen molar-refractivity contribution in [2.45, 2.75) is 38.6 Å². The van der Waals surface area contributed by atoms with Crippen LogP contribution in [-0.2, 0) is 19.4 Å². The summed E-state index contributed by atoms with van der Waals surface area (Å²) in [5.74, 6) is 0. The van der Waals surface area contributed by atoms with E-state index in [1.807, 2.05) is 18.3 Å². The Labute approximate surface area is 163 Å². The third-order valence-electron chi connectivity index (χ3n) is 5.80. The average molecular weight is 372 g/mol. The van der Waals surface area contributed by atoms with Crippen LogP contribution < -0.4 is 11.3 Å². The zero-order valence-corrected chi connectivity index (χ0v) is 15.9. The van der Waals surface area contributed by atoms with Crippen LogP contribution in [0.3, 0.4) is 0 Å². The molecule has 142 valence electrons. The molecule has 0 spiro atoms. The summed E-state index contributed by atoms with van der Waals surface area (Å²) in [5.41, 5.74) is 12.5. The Balaban J connectivity index is 1.70. The molecule has 2 heterocycles. The second kappa shape index (κ2) is 6.91. The van der Waals surface area contributed by atoms with Gasteiger partial charge in [-0.05, 0) is 68.0 Å². The summed E-state index contributed by atoms with van der Waals surface area (Å²) in [5, 5.41) is 1.05. The molecule has 5 rings (SSSR count). The highest BCUT2D eigenvalue weighted by Gasteiger charge is 2.17. The predicted octanol–water partition coefficient (Wildman–Crippen LogP) is 3.77. The number of rotatable bonds is 4. The van der Waals surface area contributed by atoms with Crippen LogP contribution in [0, 0.1) is 0 Å². The maximum absolute atomic E-state index is 12.9. The molecule has 0 bridgehead atoms. The monoisotopic (exact) mass is 372 g/mol. The van der Waals surface area contributed by atoms with Gasteiger partial charge in [-0.25, -0.2) is 4.98 Å². The number of nitrogens with one attached hydrogen (secondary N) is 1. The number of H-pyrrole nitrogens is 1. The zero-order valence-electron chi connectivity index (χ0n) is 15.9. The molecular weight excluding hydrogens is 348 g/mol. The van der Waals surface area contributed by atoms with E-state index in [1.165, 1.54) is 24.0 Å². The number of hydrogen-bond donors (Lipinski definition) is 2. The van der Waals surface area contributed by atoms with Gasteiger partial charge in [0.2, 0.25) is 0 Å². The first kappa shape index (κ1) is 17.2. The highest BCUT2D eigenvalue weighted by Crippen LogP contribution is 2.30. The van der Waals surface area contributed by atoms with Gasteiger partial charge in [0.1, 0.15) is 5.69 Å². The third kappa shape index (κ3) is 2.83. The first-order valence-corrected chi connectivity index (χ1v) is 10.1. The summed E-state index contributed by atoms with van der Waals surface area (Å²) in [7, 11) is 0. The minimum Gasteiger partial charge on any atom is -0.347 e. The number of para-hydroxylation sites is 1. The van der Waals surface area contributed by atoms with Crippen molar-refractivity contribution < 1.29 is 0 Å². The van der Waals surface area contributed by atoms with Crippen LogP contribution in [0.5, 0.6) is 0 Å². The summed E-state index contributed by atoms with van der Waals surface area (Å²) in [6.07, 6.45) is 7.57. The lowest BCUT2D eigenvalue weighted by Gasteiger charge is -2.16. The SMILES string of the molecule is NCCCn1cc(-c2nc3cc4c(cc3[nH]c2=O)CCCC4)c2ccccc21. The first-order valence-electron chi connectivity index (χ1n) is 10.1. The highest BCUT2D eigenvalue weighted by atomic mass is 16.1. The Morgan fingerprint density at radius 1 is 1.11 bits per heavy atom. The lowest BCUT2D eigenvalue weighted by molar-refractivity contribution is 0.671. The number of fused-ring (bicyclic) bond motifs is 3. The van der Waals surface area contributed by atoms with Crippen molar-refractivity contribution in [3.63, 3.8) is 0 Å². The van der Waals surface area contributed by atoms with Crippen LogP contribution in [0.1, 0.15) is 30.4 Å². The van der Waals surface area contributed by atoms with Crippen LogP contribution >= 0.6 is 0 Å². The largest absolute Gasteiger partial charge is 0.347 e. The second-order valence-corrected chi connectivity index (χ2v) is 7.66. The third-order valence-corrected chi connectivity index (χ3v) is 5.80. The van der Waals surface area contributed by atoms with Gasteiger partial charge in [0.25, 0.3) is 5.56 Å². The van der Waals surface area contributed by atoms with E-state index >= 15 is 0 Å². The number of nitrogens with two attached hydrogens (primary N) is 1. The van der Waals surface area contributed by atoms with Crippen molar-refractivity contribution in [1.29, 1.82) is 0 Å². The molecule has 28 heavy (non-hydrogen) atoms. The fourth-order valence-corrected chi connectivity index (χ4v) is 4.38. The number of benzene rings is 2. The van der Waals surface area contributed by atoms with Crippen LogP contribution in [-0.4, -0.2) is 21.1 Å². The molecule has 5 nitrogen and oxygen atoms in total. The summed E-state index contributed by atoms with van der Waals surface area (Å²) in [6.45, 7) is 1.47. The molecule has 0 saturated carbocycles. The van der Waals surface area contributed by atoms with E-state index in [-0.39, 0.29) is 5.56 Å². The summed E-state index contributed by atoms with van der Waals surface area (Å²) < 4.78 is 2.18. The van der Waals surface area contributed by atoms with Crippen LogP contribution in [0.4, 0.5) is 0 Å². The van der Waals surface area contributed by atoms with Gasteiger partial charge in [0.15, 0.2) is 0 Å². The van der Waals surface area contributed by atoms with Gasteiger partial charge >= 0.3 is 0 Å². The molecule has 4 aromatic rings. The number of aromatic nitrogens is 3. The molecular formula is C23H24N4O. The van der Waals surface area contributed by atoms with Crippen LogP contribution in [0.2, 0.25) is 0 Å². The Hall–Kier alpha value is -2.92. The second-order valence-electron chi connectivity index (χ2n) is 7.66. The Morgan fingerprint density at radius 2 is 1.89 bits per heavy atom. The molecule has 0 amide bonds. The molecule has 0 unspecified atom stereocenters. The molecule has 5 heteroatoms. The zero-order chi connectivity index (χ0) is 19.1. The molecule has 3 N–H and O–H groups in total. The standard InChI is InChI=1S/C23H24N4O/c24-10-5-11-27-14-18(17-8-3-4-9-21(17)27)22-23(28)26-20-13-16-7-2-1-6-15(16)12-19(20)25-22/h3-4,8-9,12-14H,1-2,5-7,10-11,24H2,(H,26,28). The molecule has 0 fully saturated rings. The van der Waals surface area contributed by atoms with Crippen molar-refractivity contribution in [3.05, 3.63) is 64.1 Å². The van der Waals surface area contributed by atoms with Crippen LogP contribution in [0.15, 0.2) is 47.4 Å². The number of nitrogens with zero attached hydrogens (tertiary/aromatic N) is 2. The van der Waals surface area contributed by atoms with E-state index in [2.05, 4.69) is 33.8 Å². The highest BCUT2D eigenvalue weighted by molar-refractivity contribution is 5.95. The minimum atomic E-state index is -0.134. The van der Waals surface area contributed by atoms with E-state index < -0.39 is 0 Å². The molecule has 2 aromatic heterocycles. The number of aromatic amines is 1. The van der Waals surface area contributed by atoms with Crippen molar-refractivity contribution >= 4 is 21.9 Å². The molecule has 1 aliphatic carbocycles. The van der Waals surface area contributed by atoms with E-state index in [1.54, 1.807) is 0 Å². The molecule has 0 saturated heterocycles. The normalized spacial score (nSPS) is 13.9. The van der Waals surface area contributed by atoms with Gasteiger partial charge in [-0.2, -0.15) is 0 Å². The molecule has 2 aromatic carbocycles. The van der Waals surface area contributed by atoms with Gasteiger partial charge in [0.05, 0.1) is 11.0 Å². The fraction of sp³-hybridized carbons (Fsp3) is 0.304. The van der Waals surface area contributed by atoms with E-state index in [0.29, 0.717) is 12.2 Å². The topological polar surface area (TPSA) is 76.7 Å². The maximum Gasteiger partial charge on any atom is 0.275 e. The van der Waals surface area contributed by atoms with Crippen molar-refractivity contribution in [3.8, 4) is 11.3 Å². The predicted molar refractivity (Wildman–Crippen MR) is 114 cm³/mol. The lowest BCUT2D eigenvalue weighted by atomic mass is 9.91. The minimum absolute atomic E-state index is 0.134. The van der Waals surface area contributed by atoms with Gasteiger partial charge in [-0.15, -0.1) is 0 Å². The van der Waals surface area contributed by atoms with E-state index in [4.69, 9.17) is 10.7 Å². The summed E-state index contributed by atoms with van der Waals surface area (Å²) >= 11 is 0. The van der Waals surface area contributed by atoms with Gasteiger partial charge in [0, 0.05) is 29.2 Å². The maximum atomic E-state index is 12.9. The number of aryl methyl sites for hydroxylation is 3. The Bertz CT molecular complexity index is 1230. The van der Waals surface area contributed by atoms with Gasteiger partial charge in [-0.1, -0.05) is 18.2 Å². The van der Waals surface area contributed by atoms with E-state index in [9.17, 15) is 4.79 Å². The average Bonchev–Trinajstić information content (AvgIpc) is 3.09. The van der Waals surface area contributed by atoms with Crippen molar-refractivity contribution in [2.24, 2.45) is 5.73 Å². The lowest BCUT2D eigenvalue weighted by Crippen LogP contribution is -2.13. The summed E-state index contributed by atoms with van der Waals surface area (Å²) in [6, 6.07) is 12.5. The Kier molecular flexibility index (Phi) is 4.24. The van der Waals surface area contributed by atoms with E-state index in [0.717, 1.165) is 53.3 Å². The van der Waals surface area contributed by atoms with Gasteiger partial charge < -0.3 is 15.3 Å². The summed E-state index contributed by atoms with van der Waals surface area (Å²) in [4.78, 5) is 20.8. The van der Waals surface area contributed by atoms with Crippen molar-refractivity contribution in [2.75, 3.05) is 6.54 Å². The fourth-order valence-electron chi connectivity index (χ4n) is 4.38. The first-order chi connectivity index (χ1) is 13.7. The quantitative estimate of drug-likeness (QED) is 0.572. The molecule has 0 radical (unpaired) electrons. The van der Waals surface area contributed by atoms with Gasteiger partial charge in [-0.3, -0.25) is 4.79 Å². The van der Waals surface area contributed by atoms with Crippen LogP contribution in [0.25, 0.3) is 33.2 Å². The molecule has 1 aliphatic rings. The Morgan fingerprint density at radius 3 is 2.71 bits per heavy atom. The molecule has 0 atom stereocenters. The van der Waals surface area contributed by atoms with Crippen molar-refractivity contribution in [1.82, 2.24) is 14.5 Å². The smallest absolute Gasteiger partial charge is 0.275 e.